The smallest absolute Gasteiger partial charge is 0.248 e. The Morgan fingerprint density at radius 1 is 1.10 bits per heavy atom. The number of carbonyl (C=O) groups is 2. The second-order valence-electron chi connectivity index (χ2n) is 8.89. The highest BCUT2D eigenvalue weighted by atomic mass is 35.5. The number of nitrogens with zero attached hydrogens (tertiary/aromatic N) is 3. The molecule has 3 heterocycles. The number of benzene rings is 2. The second-order valence-corrected chi connectivity index (χ2v) is 9.57. The number of hydrogen-bond acceptors (Lipinski definition) is 3. The zero-order valence-corrected chi connectivity index (χ0v) is 22.4. The van der Waals surface area contributed by atoms with E-state index in [0.717, 1.165) is 40.4 Å². The first-order chi connectivity index (χ1) is 18.7. The van der Waals surface area contributed by atoms with Gasteiger partial charge in [0.25, 0.3) is 0 Å². The molecule has 0 radical (unpaired) electrons. The summed E-state index contributed by atoms with van der Waals surface area (Å²) in [5, 5.41) is 2.64. The van der Waals surface area contributed by atoms with Crippen molar-refractivity contribution < 1.29 is 18.4 Å². The number of halogens is 4. The summed E-state index contributed by atoms with van der Waals surface area (Å²) in [4.78, 5) is 29.7. The summed E-state index contributed by atoms with van der Waals surface area (Å²) < 4.78 is 33.1. The molecule has 39 heavy (non-hydrogen) atoms. The molecule has 0 spiro atoms. The predicted molar refractivity (Wildman–Crippen MR) is 150 cm³/mol. The number of aromatic nitrogens is 3. The van der Waals surface area contributed by atoms with E-state index in [1.165, 1.54) is 6.08 Å². The van der Waals surface area contributed by atoms with Gasteiger partial charge in [0.15, 0.2) is 0 Å². The van der Waals surface area contributed by atoms with E-state index in [4.69, 9.17) is 23.2 Å². The number of pyridine rings is 1. The fourth-order valence-electron chi connectivity index (χ4n) is 4.67. The van der Waals surface area contributed by atoms with Crippen LogP contribution in [0.3, 0.4) is 0 Å². The number of ketones is 1. The first-order valence-electron chi connectivity index (χ1n) is 12.0. The van der Waals surface area contributed by atoms with Crippen LogP contribution in [0.15, 0.2) is 67.1 Å². The molecular weight excluding hydrogens is 545 g/mol. The SMILES string of the molecule is CCc1cc2c(ncn2C)c(Cl)c1-c1cccn2c(C(=O)c3cc(F)c(NC(=O)/C=C/CCl)c(F)c3)ccc12. The van der Waals surface area contributed by atoms with Crippen LogP contribution in [0.1, 0.15) is 28.5 Å². The van der Waals surface area contributed by atoms with Gasteiger partial charge in [-0.2, -0.15) is 0 Å². The fourth-order valence-corrected chi connectivity index (χ4v) is 5.13. The minimum atomic E-state index is -1.07. The van der Waals surface area contributed by atoms with Crippen LogP contribution in [0.5, 0.6) is 0 Å². The van der Waals surface area contributed by atoms with Crippen LogP contribution in [-0.4, -0.2) is 31.5 Å². The molecule has 0 saturated carbocycles. The minimum absolute atomic E-state index is 0.0719. The number of anilines is 1. The maximum absolute atomic E-state index is 14.8. The molecule has 10 heteroatoms. The summed E-state index contributed by atoms with van der Waals surface area (Å²) in [5.41, 5.74) is 4.27. The van der Waals surface area contributed by atoms with Gasteiger partial charge in [0.05, 0.1) is 28.1 Å². The number of rotatable bonds is 7. The molecule has 0 aliphatic rings. The van der Waals surface area contributed by atoms with E-state index >= 15 is 0 Å². The number of alkyl halides is 1. The van der Waals surface area contributed by atoms with E-state index in [-0.39, 0.29) is 17.1 Å². The van der Waals surface area contributed by atoms with E-state index < -0.39 is 29.0 Å². The quantitative estimate of drug-likeness (QED) is 0.132. The van der Waals surface area contributed by atoms with Crippen LogP contribution in [0.2, 0.25) is 5.02 Å². The molecule has 2 aromatic carbocycles. The number of carbonyl (C=O) groups excluding carboxylic acids is 2. The van der Waals surface area contributed by atoms with Gasteiger partial charge in [-0.25, -0.2) is 13.8 Å². The number of allylic oxidation sites excluding steroid dienone is 1. The number of aryl methyl sites for hydroxylation is 2. The molecule has 0 fully saturated rings. The summed E-state index contributed by atoms with van der Waals surface area (Å²) in [6.45, 7) is 2.04. The molecule has 0 atom stereocenters. The summed E-state index contributed by atoms with van der Waals surface area (Å²) >= 11 is 12.4. The zero-order chi connectivity index (χ0) is 27.8. The number of fused-ring (bicyclic) bond motifs is 2. The van der Waals surface area contributed by atoms with Gasteiger partial charge >= 0.3 is 0 Å². The van der Waals surface area contributed by atoms with Crippen LogP contribution in [0.25, 0.3) is 27.7 Å². The lowest BCUT2D eigenvalue weighted by molar-refractivity contribution is -0.112. The van der Waals surface area contributed by atoms with Gasteiger partial charge in [0.2, 0.25) is 11.7 Å². The molecule has 0 saturated heterocycles. The molecule has 6 nitrogen and oxygen atoms in total. The Hall–Kier alpha value is -4.01. The van der Waals surface area contributed by atoms with Gasteiger partial charge in [0, 0.05) is 41.9 Å². The molecule has 0 bridgehead atoms. The minimum Gasteiger partial charge on any atom is -0.334 e. The molecule has 198 valence electrons. The van der Waals surface area contributed by atoms with E-state index in [1.54, 1.807) is 35.1 Å². The normalized spacial score (nSPS) is 11.6. The molecule has 1 N–H and O–H groups in total. The van der Waals surface area contributed by atoms with Gasteiger partial charge in [-0.3, -0.25) is 9.59 Å². The highest BCUT2D eigenvalue weighted by Crippen LogP contribution is 2.39. The van der Waals surface area contributed by atoms with Crippen LogP contribution in [0.4, 0.5) is 14.5 Å². The Labute approximate surface area is 232 Å². The van der Waals surface area contributed by atoms with Gasteiger partial charge in [0.1, 0.15) is 22.8 Å². The lowest BCUT2D eigenvalue weighted by atomic mass is 9.96. The molecule has 1 amide bonds. The highest BCUT2D eigenvalue weighted by Gasteiger charge is 2.22. The molecule has 0 aliphatic carbocycles. The predicted octanol–water partition coefficient (Wildman–Crippen LogP) is 6.95. The maximum Gasteiger partial charge on any atom is 0.248 e. The molecular formula is C29H22Cl2F2N4O2. The van der Waals surface area contributed by atoms with Crippen molar-refractivity contribution in [1.29, 1.82) is 0 Å². The Bertz CT molecular complexity index is 1780. The van der Waals surface area contributed by atoms with Crippen LogP contribution >= 0.6 is 23.2 Å². The monoisotopic (exact) mass is 566 g/mol. The van der Waals surface area contributed by atoms with Crippen molar-refractivity contribution in [3.63, 3.8) is 0 Å². The summed E-state index contributed by atoms with van der Waals surface area (Å²) in [6, 6.07) is 10.9. The number of amides is 1. The summed E-state index contributed by atoms with van der Waals surface area (Å²) in [5.74, 6) is -3.41. The standard InChI is InChI=1S/C29H22Cl2F2N4O2/c1-3-16-14-23-28(34-15-36(23)2)26(31)25(16)18-6-5-11-37-21(18)8-9-22(37)29(39)17-12-19(32)27(20(33)13-17)35-24(38)7-4-10-30/h4-9,11-15H,3,10H2,1-2H3,(H,35,38)/b7-4+. The summed E-state index contributed by atoms with van der Waals surface area (Å²) in [6.07, 6.45) is 6.53. The Kier molecular flexibility index (Phi) is 7.25. The first kappa shape index (κ1) is 26.6. The summed E-state index contributed by atoms with van der Waals surface area (Å²) in [7, 11) is 1.90. The largest absolute Gasteiger partial charge is 0.334 e. The maximum atomic E-state index is 14.8. The lowest BCUT2D eigenvalue weighted by Crippen LogP contribution is -2.13. The zero-order valence-electron chi connectivity index (χ0n) is 20.9. The number of nitrogens with one attached hydrogen (secondary N) is 1. The van der Waals surface area contributed by atoms with E-state index in [9.17, 15) is 18.4 Å². The van der Waals surface area contributed by atoms with Crippen LogP contribution in [-0.2, 0) is 18.3 Å². The lowest BCUT2D eigenvalue weighted by Gasteiger charge is -2.14. The van der Waals surface area contributed by atoms with E-state index in [0.29, 0.717) is 22.5 Å². The van der Waals surface area contributed by atoms with Gasteiger partial charge in [-0.1, -0.05) is 30.7 Å². The van der Waals surface area contributed by atoms with Crippen molar-refractivity contribution in [2.24, 2.45) is 7.05 Å². The first-order valence-corrected chi connectivity index (χ1v) is 13.0. The molecule has 5 rings (SSSR count). The van der Waals surface area contributed by atoms with Crippen molar-refractivity contribution >= 4 is 57.1 Å². The molecule has 3 aromatic heterocycles. The highest BCUT2D eigenvalue weighted by molar-refractivity contribution is 6.38. The van der Waals surface area contributed by atoms with Crippen molar-refractivity contribution in [2.75, 3.05) is 11.2 Å². The third kappa shape index (κ3) is 4.70. The van der Waals surface area contributed by atoms with Gasteiger partial charge in [-0.05, 0) is 48.4 Å². The number of hydrogen-bond donors (Lipinski definition) is 1. The second kappa shape index (κ2) is 10.6. The van der Waals surface area contributed by atoms with E-state index in [1.807, 2.05) is 24.6 Å². The topological polar surface area (TPSA) is 68.4 Å². The van der Waals surface area contributed by atoms with Crippen LogP contribution < -0.4 is 5.32 Å². The molecule has 5 aromatic rings. The third-order valence-electron chi connectivity index (χ3n) is 6.53. The van der Waals surface area contributed by atoms with Crippen molar-refractivity contribution in [1.82, 2.24) is 14.0 Å². The van der Waals surface area contributed by atoms with Crippen molar-refractivity contribution in [3.8, 4) is 11.1 Å². The Morgan fingerprint density at radius 3 is 2.54 bits per heavy atom. The fraction of sp³-hybridized carbons (Fsp3) is 0.138. The van der Waals surface area contributed by atoms with Crippen molar-refractivity contribution in [2.45, 2.75) is 13.3 Å². The van der Waals surface area contributed by atoms with Crippen LogP contribution in [0, 0.1) is 11.6 Å². The Balaban J connectivity index is 1.57. The third-order valence-corrected chi connectivity index (χ3v) is 7.07. The average molecular weight is 567 g/mol. The van der Waals surface area contributed by atoms with Crippen molar-refractivity contribution in [3.05, 3.63) is 101 Å². The number of imidazole rings is 1. The molecule has 0 unspecified atom stereocenters. The van der Waals surface area contributed by atoms with E-state index in [2.05, 4.69) is 16.4 Å². The van der Waals surface area contributed by atoms with Gasteiger partial charge in [-0.15, -0.1) is 11.6 Å². The Morgan fingerprint density at radius 2 is 1.85 bits per heavy atom. The van der Waals surface area contributed by atoms with Gasteiger partial charge < -0.3 is 14.3 Å². The molecule has 0 aliphatic heterocycles. The average Bonchev–Trinajstić information content (AvgIpc) is 3.52.